The normalized spacial score (nSPS) is 20.3. The summed E-state index contributed by atoms with van der Waals surface area (Å²) in [5, 5.41) is 4.59. The summed E-state index contributed by atoms with van der Waals surface area (Å²) in [6, 6.07) is 4.75. The minimum absolute atomic E-state index is 0.0573. The van der Waals surface area contributed by atoms with Crippen molar-refractivity contribution in [2.45, 2.75) is 46.6 Å². The molecule has 7 heteroatoms. The first kappa shape index (κ1) is 21.3. The Balaban J connectivity index is 1.41. The quantitative estimate of drug-likeness (QED) is 0.711. The molecule has 0 bridgehead atoms. The number of nitrogens with zero attached hydrogens (tertiary/aromatic N) is 3. The highest BCUT2D eigenvalue weighted by Gasteiger charge is 2.35. The highest BCUT2D eigenvalue weighted by Crippen LogP contribution is 2.38. The van der Waals surface area contributed by atoms with Crippen molar-refractivity contribution in [3.05, 3.63) is 51.6 Å². The zero-order valence-electron chi connectivity index (χ0n) is 17.9. The lowest BCUT2D eigenvalue weighted by Crippen LogP contribution is -2.48. The Bertz CT molecular complexity index is 909. The summed E-state index contributed by atoms with van der Waals surface area (Å²) in [7, 11) is 0. The number of halogens is 2. The first-order valence-corrected chi connectivity index (χ1v) is 11.0. The van der Waals surface area contributed by atoms with Crippen LogP contribution >= 0.6 is 11.6 Å². The molecule has 0 radical (unpaired) electrons. The van der Waals surface area contributed by atoms with Gasteiger partial charge >= 0.3 is 0 Å². The number of piperazine rings is 1. The Morgan fingerprint density at radius 2 is 2.00 bits per heavy atom. The molecule has 0 spiro atoms. The molecule has 1 saturated heterocycles. The summed E-state index contributed by atoms with van der Waals surface area (Å²) < 4.78 is 19.6. The molecule has 2 aliphatic rings. The van der Waals surface area contributed by atoms with E-state index in [4.69, 9.17) is 16.1 Å². The Labute approximate surface area is 182 Å². The average molecular weight is 434 g/mol. The number of carbonyl (C=O) groups excluding carboxylic acids is 1. The van der Waals surface area contributed by atoms with E-state index >= 15 is 0 Å². The number of aromatic nitrogens is 1. The van der Waals surface area contributed by atoms with Crippen LogP contribution in [0.5, 0.6) is 0 Å². The van der Waals surface area contributed by atoms with Gasteiger partial charge in [-0.3, -0.25) is 9.69 Å². The van der Waals surface area contributed by atoms with Gasteiger partial charge in [0.25, 0.3) is 5.91 Å². The molecule has 2 aromatic rings. The lowest BCUT2D eigenvalue weighted by molar-refractivity contribution is 0.0615. The van der Waals surface area contributed by atoms with Crippen molar-refractivity contribution in [1.82, 2.24) is 15.0 Å². The van der Waals surface area contributed by atoms with Crippen LogP contribution in [0.25, 0.3) is 0 Å². The molecule has 1 amide bonds. The van der Waals surface area contributed by atoms with Gasteiger partial charge in [-0.1, -0.05) is 43.6 Å². The number of carbonyl (C=O) groups is 1. The van der Waals surface area contributed by atoms with Crippen molar-refractivity contribution in [2.75, 3.05) is 26.2 Å². The predicted octanol–water partition coefficient (Wildman–Crippen LogP) is 4.58. The smallest absolute Gasteiger partial charge is 0.276 e. The molecule has 2 heterocycles. The van der Waals surface area contributed by atoms with Crippen LogP contribution in [-0.2, 0) is 19.4 Å². The van der Waals surface area contributed by atoms with Crippen LogP contribution in [0.15, 0.2) is 22.7 Å². The first-order valence-electron chi connectivity index (χ1n) is 10.7. The van der Waals surface area contributed by atoms with Gasteiger partial charge in [-0.15, -0.1) is 0 Å². The monoisotopic (exact) mass is 433 g/mol. The molecular weight excluding hydrogens is 405 g/mol. The van der Waals surface area contributed by atoms with Crippen LogP contribution in [0.2, 0.25) is 5.02 Å². The van der Waals surface area contributed by atoms with Gasteiger partial charge in [-0.25, -0.2) is 4.39 Å². The number of amides is 1. The summed E-state index contributed by atoms with van der Waals surface area (Å²) in [6.45, 7) is 9.68. The zero-order chi connectivity index (χ0) is 21.5. The van der Waals surface area contributed by atoms with Crippen LogP contribution in [0.4, 0.5) is 4.39 Å². The van der Waals surface area contributed by atoms with Crippen LogP contribution in [-0.4, -0.2) is 47.0 Å². The molecule has 0 saturated carbocycles. The van der Waals surface area contributed by atoms with Crippen molar-refractivity contribution >= 4 is 17.5 Å². The summed E-state index contributed by atoms with van der Waals surface area (Å²) >= 11 is 6.16. The highest BCUT2D eigenvalue weighted by molar-refractivity contribution is 6.31. The summed E-state index contributed by atoms with van der Waals surface area (Å²) in [5.74, 6) is 1.03. The molecule has 4 rings (SSSR count). The van der Waals surface area contributed by atoms with Gasteiger partial charge < -0.3 is 9.42 Å². The molecule has 1 fully saturated rings. The zero-order valence-corrected chi connectivity index (χ0v) is 18.6. The maximum atomic E-state index is 14.1. The molecule has 1 aromatic heterocycles. The van der Waals surface area contributed by atoms with E-state index in [2.05, 4.69) is 30.8 Å². The molecule has 1 aromatic carbocycles. The van der Waals surface area contributed by atoms with E-state index < -0.39 is 0 Å². The molecule has 5 nitrogen and oxygen atoms in total. The van der Waals surface area contributed by atoms with Crippen molar-refractivity contribution in [3.63, 3.8) is 0 Å². The molecule has 1 atom stereocenters. The van der Waals surface area contributed by atoms with E-state index in [0.29, 0.717) is 54.9 Å². The van der Waals surface area contributed by atoms with Crippen LogP contribution in [0.3, 0.4) is 0 Å². The standard InChI is InChI=1S/C23H29ClFN3O2/c1-23(2,3)15-7-8-20-16(13-15)21(26-30-20)22(29)28-11-9-27(10-12-28)14-17-18(24)5-4-6-19(17)25/h4-6,15H,7-14H2,1-3H3. The summed E-state index contributed by atoms with van der Waals surface area (Å²) in [5.41, 5.74) is 2.17. The molecule has 162 valence electrons. The van der Waals surface area contributed by atoms with E-state index in [-0.39, 0.29) is 17.1 Å². The molecule has 1 unspecified atom stereocenters. The SMILES string of the molecule is CC(C)(C)C1CCc2onc(C(=O)N3CCN(Cc4c(F)cccc4Cl)CC3)c2C1. The molecule has 1 aliphatic carbocycles. The Hall–Kier alpha value is -1.92. The van der Waals surface area contributed by atoms with E-state index in [1.807, 2.05) is 4.90 Å². The second-order valence-corrected chi connectivity index (χ2v) is 9.91. The summed E-state index contributed by atoms with van der Waals surface area (Å²) in [4.78, 5) is 17.1. The molecular formula is C23H29ClFN3O2. The second-order valence-electron chi connectivity index (χ2n) is 9.51. The number of hydrogen-bond donors (Lipinski definition) is 0. The third kappa shape index (κ3) is 4.26. The van der Waals surface area contributed by atoms with Gasteiger partial charge in [0.1, 0.15) is 11.6 Å². The number of fused-ring (bicyclic) bond motifs is 1. The lowest BCUT2D eigenvalue weighted by atomic mass is 9.71. The Morgan fingerprint density at radius 1 is 1.27 bits per heavy atom. The maximum Gasteiger partial charge on any atom is 0.276 e. The van der Waals surface area contributed by atoms with Gasteiger partial charge in [0, 0.05) is 55.3 Å². The van der Waals surface area contributed by atoms with Crippen LogP contribution in [0.1, 0.15) is 54.6 Å². The summed E-state index contributed by atoms with van der Waals surface area (Å²) in [6.07, 6.45) is 2.75. The maximum absolute atomic E-state index is 14.1. The fourth-order valence-corrected chi connectivity index (χ4v) is 4.70. The topological polar surface area (TPSA) is 49.6 Å². The van der Waals surface area contributed by atoms with Crippen LogP contribution in [0, 0.1) is 17.2 Å². The third-order valence-corrected chi connectivity index (χ3v) is 6.92. The van der Waals surface area contributed by atoms with Crippen molar-refractivity contribution < 1.29 is 13.7 Å². The van der Waals surface area contributed by atoms with Gasteiger partial charge in [-0.2, -0.15) is 0 Å². The number of hydrogen-bond acceptors (Lipinski definition) is 4. The fourth-order valence-electron chi connectivity index (χ4n) is 4.48. The first-order chi connectivity index (χ1) is 14.2. The average Bonchev–Trinajstić information content (AvgIpc) is 3.13. The van der Waals surface area contributed by atoms with E-state index in [1.54, 1.807) is 12.1 Å². The lowest BCUT2D eigenvalue weighted by Gasteiger charge is -2.35. The van der Waals surface area contributed by atoms with E-state index in [9.17, 15) is 9.18 Å². The largest absolute Gasteiger partial charge is 0.360 e. The minimum Gasteiger partial charge on any atom is -0.360 e. The Kier molecular flexibility index (Phi) is 5.90. The van der Waals surface area contributed by atoms with Crippen molar-refractivity contribution in [1.29, 1.82) is 0 Å². The van der Waals surface area contributed by atoms with E-state index in [0.717, 1.165) is 30.6 Å². The number of benzene rings is 1. The molecule has 30 heavy (non-hydrogen) atoms. The predicted molar refractivity (Wildman–Crippen MR) is 114 cm³/mol. The number of aryl methyl sites for hydroxylation is 1. The minimum atomic E-state index is -0.288. The van der Waals surface area contributed by atoms with Gasteiger partial charge in [-0.05, 0) is 36.3 Å². The van der Waals surface area contributed by atoms with Gasteiger partial charge in [0.05, 0.1) is 0 Å². The fraction of sp³-hybridized carbons (Fsp3) is 0.565. The Morgan fingerprint density at radius 3 is 2.67 bits per heavy atom. The number of rotatable bonds is 3. The molecule has 1 aliphatic heterocycles. The third-order valence-electron chi connectivity index (χ3n) is 6.57. The van der Waals surface area contributed by atoms with E-state index in [1.165, 1.54) is 6.07 Å². The van der Waals surface area contributed by atoms with Crippen molar-refractivity contribution in [2.24, 2.45) is 11.3 Å². The second kappa shape index (κ2) is 8.31. The van der Waals surface area contributed by atoms with Crippen LogP contribution < -0.4 is 0 Å². The van der Waals surface area contributed by atoms with Gasteiger partial charge in [0.15, 0.2) is 5.69 Å². The molecule has 0 N–H and O–H groups in total. The van der Waals surface area contributed by atoms with Crippen molar-refractivity contribution in [3.8, 4) is 0 Å². The highest BCUT2D eigenvalue weighted by atomic mass is 35.5. The van der Waals surface area contributed by atoms with Gasteiger partial charge in [0.2, 0.25) is 0 Å².